The Morgan fingerprint density at radius 2 is 1.57 bits per heavy atom. The Balaban J connectivity index is 1.99. The zero-order valence-electron chi connectivity index (χ0n) is 15.4. The van der Waals surface area contributed by atoms with Gasteiger partial charge in [-0.1, -0.05) is 20.8 Å². The number of amides is 1. The van der Waals surface area contributed by atoms with Gasteiger partial charge in [-0.15, -0.1) is 0 Å². The molecule has 0 bridgehead atoms. The van der Waals surface area contributed by atoms with Crippen molar-refractivity contribution in [2.24, 2.45) is 5.41 Å². The second kappa shape index (κ2) is 6.94. The smallest absolute Gasteiger partial charge is 0.251 e. The Morgan fingerprint density at radius 1 is 1.00 bits per heavy atom. The third-order valence-electron chi connectivity index (χ3n) is 4.27. The summed E-state index contributed by atoms with van der Waals surface area (Å²) in [6.07, 6.45) is 4.81. The summed E-state index contributed by atoms with van der Waals surface area (Å²) in [4.78, 5) is 14.9. The Kier molecular flexibility index (Phi) is 5.38. The van der Waals surface area contributed by atoms with Crippen LogP contribution >= 0.6 is 0 Å². The third kappa shape index (κ3) is 5.56. The lowest BCUT2D eigenvalue weighted by Crippen LogP contribution is -2.45. The minimum Gasteiger partial charge on any atom is -0.372 e. The van der Waals surface area contributed by atoms with Crippen LogP contribution in [0.3, 0.4) is 0 Å². The SMILES string of the molecule is CC(C)(C)CC(C)(C)NC(=O)c1ccc(N2CCCCC2)cc1. The first-order valence-corrected chi connectivity index (χ1v) is 8.84. The summed E-state index contributed by atoms with van der Waals surface area (Å²) in [5.41, 5.74) is 1.96. The Morgan fingerprint density at radius 3 is 2.09 bits per heavy atom. The molecule has 1 heterocycles. The van der Waals surface area contributed by atoms with Crippen molar-refractivity contribution in [3.8, 4) is 0 Å². The first-order valence-electron chi connectivity index (χ1n) is 8.84. The van der Waals surface area contributed by atoms with Crippen molar-refractivity contribution < 1.29 is 4.79 Å². The van der Waals surface area contributed by atoms with E-state index >= 15 is 0 Å². The number of carbonyl (C=O) groups excluding carboxylic acids is 1. The summed E-state index contributed by atoms with van der Waals surface area (Å²) in [5, 5.41) is 3.18. The molecule has 0 unspecified atom stereocenters. The third-order valence-corrected chi connectivity index (χ3v) is 4.27. The summed E-state index contributed by atoms with van der Waals surface area (Å²) >= 11 is 0. The van der Waals surface area contributed by atoms with Crippen LogP contribution in [0.1, 0.15) is 70.7 Å². The van der Waals surface area contributed by atoms with E-state index < -0.39 is 0 Å². The summed E-state index contributed by atoms with van der Waals surface area (Å²) in [6, 6.07) is 8.06. The first-order chi connectivity index (χ1) is 10.7. The van der Waals surface area contributed by atoms with Crippen molar-refractivity contribution >= 4 is 11.6 Å². The van der Waals surface area contributed by atoms with Gasteiger partial charge in [-0.05, 0) is 69.2 Å². The van der Waals surface area contributed by atoms with Crippen LogP contribution in [0.25, 0.3) is 0 Å². The Bertz CT molecular complexity index is 520. The van der Waals surface area contributed by atoms with Crippen LogP contribution in [0.4, 0.5) is 5.69 Å². The van der Waals surface area contributed by atoms with Crippen LogP contribution in [0.5, 0.6) is 0 Å². The van der Waals surface area contributed by atoms with Gasteiger partial charge in [0.15, 0.2) is 0 Å². The zero-order chi connectivity index (χ0) is 17.1. The summed E-state index contributed by atoms with van der Waals surface area (Å²) < 4.78 is 0. The van der Waals surface area contributed by atoms with Gasteiger partial charge in [-0.2, -0.15) is 0 Å². The largest absolute Gasteiger partial charge is 0.372 e. The van der Waals surface area contributed by atoms with Crippen LogP contribution in [0.2, 0.25) is 0 Å². The molecule has 1 fully saturated rings. The van der Waals surface area contributed by atoms with Gasteiger partial charge in [-0.25, -0.2) is 0 Å². The molecule has 0 radical (unpaired) electrons. The highest BCUT2D eigenvalue weighted by atomic mass is 16.1. The minimum absolute atomic E-state index is 0.0180. The fourth-order valence-corrected chi connectivity index (χ4v) is 3.73. The molecule has 1 saturated heterocycles. The molecule has 1 aromatic rings. The topological polar surface area (TPSA) is 32.3 Å². The van der Waals surface area contributed by atoms with E-state index in [2.05, 4.69) is 57.0 Å². The number of carbonyl (C=O) groups is 1. The van der Waals surface area contributed by atoms with Crippen molar-refractivity contribution in [1.82, 2.24) is 5.32 Å². The van der Waals surface area contributed by atoms with Gasteiger partial charge in [0.05, 0.1) is 0 Å². The second-order valence-corrected chi connectivity index (χ2v) is 8.67. The maximum atomic E-state index is 12.5. The van der Waals surface area contributed by atoms with Gasteiger partial charge in [0, 0.05) is 29.9 Å². The first kappa shape index (κ1) is 17.8. The van der Waals surface area contributed by atoms with E-state index in [1.807, 2.05) is 12.1 Å². The van der Waals surface area contributed by atoms with E-state index in [4.69, 9.17) is 0 Å². The van der Waals surface area contributed by atoms with Crippen LogP contribution in [-0.2, 0) is 0 Å². The lowest BCUT2D eigenvalue weighted by Gasteiger charge is -2.33. The summed E-state index contributed by atoms with van der Waals surface area (Å²) in [5.74, 6) is 0.0180. The van der Waals surface area contributed by atoms with E-state index in [9.17, 15) is 4.79 Å². The molecule has 128 valence electrons. The van der Waals surface area contributed by atoms with Crippen LogP contribution in [0.15, 0.2) is 24.3 Å². The molecule has 3 nitrogen and oxygen atoms in total. The van der Waals surface area contributed by atoms with E-state index in [1.165, 1.54) is 24.9 Å². The molecular formula is C20H32N2O. The fourth-order valence-electron chi connectivity index (χ4n) is 3.73. The highest BCUT2D eigenvalue weighted by Gasteiger charge is 2.27. The zero-order valence-corrected chi connectivity index (χ0v) is 15.4. The molecule has 1 N–H and O–H groups in total. The van der Waals surface area contributed by atoms with Crippen molar-refractivity contribution in [3.63, 3.8) is 0 Å². The van der Waals surface area contributed by atoms with Crippen LogP contribution in [0, 0.1) is 5.41 Å². The number of hydrogen-bond donors (Lipinski definition) is 1. The minimum atomic E-state index is -0.207. The van der Waals surface area contributed by atoms with Crippen molar-refractivity contribution in [2.75, 3.05) is 18.0 Å². The quantitative estimate of drug-likeness (QED) is 0.879. The standard InChI is InChI=1S/C20H32N2O/c1-19(2,3)15-20(4,5)21-18(23)16-9-11-17(12-10-16)22-13-7-6-8-14-22/h9-12H,6-8,13-15H2,1-5H3,(H,21,23). The van der Waals surface area contributed by atoms with Gasteiger partial charge in [0.2, 0.25) is 0 Å². The predicted octanol–water partition coefficient (Wildman–Crippen LogP) is 4.62. The van der Waals surface area contributed by atoms with Gasteiger partial charge < -0.3 is 10.2 Å². The van der Waals surface area contributed by atoms with Gasteiger partial charge in [-0.3, -0.25) is 4.79 Å². The molecule has 0 saturated carbocycles. The number of benzene rings is 1. The van der Waals surface area contributed by atoms with Crippen LogP contribution < -0.4 is 10.2 Å². The average Bonchev–Trinajstić information content (AvgIpc) is 2.45. The molecule has 1 aliphatic heterocycles. The fraction of sp³-hybridized carbons (Fsp3) is 0.650. The molecule has 0 spiro atoms. The Hall–Kier alpha value is -1.51. The predicted molar refractivity (Wildman–Crippen MR) is 98.1 cm³/mol. The van der Waals surface area contributed by atoms with E-state index in [0.29, 0.717) is 0 Å². The highest BCUT2D eigenvalue weighted by Crippen LogP contribution is 2.27. The van der Waals surface area contributed by atoms with E-state index in [0.717, 1.165) is 25.1 Å². The van der Waals surface area contributed by atoms with Crippen molar-refractivity contribution in [3.05, 3.63) is 29.8 Å². The maximum Gasteiger partial charge on any atom is 0.251 e. The number of nitrogens with one attached hydrogen (secondary N) is 1. The highest BCUT2D eigenvalue weighted by molar-refractivity contribution is 5.95. The number of anilines is 1. The maximum absolute atomic E-state index is 12.5. The second-order valence-electron chi connectivity index (χ2n) is 8.67. The lowest BCUT2D eigenvalue weighted by atomic mass is 9.81. The summed E-state index contributed by atoms with van der Waals surface area (Å²) in [7, 11) is 0. The molecule has 1 aromatic carbocycles. The average molecular weight is 316 g/mol. The molecule has 23 heavy (non-hydrogen) atoms. The van der Waals surface area contributed by atoms with Gasteiger partial charge in [0.25, 0.3) is 5.91 Å². The molecule has 0 atom stereocenters. The summed E-state index contributed by atoms with van der Waals surface area (Å²) in [6.45, 7) is 13.1. The number of nitrogens with zero attached hydrogens (tertiary/aromatic N) is 1. The van der Waals surface area contributed by atoms with Crippen molar-refractivity contribution in [2.45, 2.75) is 65.8 Å². The van der Waals surface area contributed by atoms with Gasteiger partial charge in [0.1, 0.15) is 0 Å². The number of rotatable bonds is 4. The molecule has 0 aliphatic carbocycles. The lowest BCUT2D eigenvalue weighted by molar-refractivity contribution is 0.0891. The molecular weight excluding hydrogens is 284 g/mol. The monoisotopic (exact) mass is 316 g/mol. The Labute approximate surface area is 141 Å². The molecule has 1 amide bonds. The number of piperidine rings is 1. The normalized spacial score (nSPS) is 16.3. The molecule has 1 aliphatic rings. The van der Waals surface area contributed by atoms with E-state index in [-0.39, 0.29) is 16.9 Å². The van der Waals surface area contributed by atoms with Crippen LogP contribution in [-0.4, -0.2) is 24.5 Å². The molecule has 3 heteroatoms. The van der Waals surface area contributed by atoms with Crippen molar-refractivity contribution in [1.29, 1.82) is 0 Å². The van der Waals surface area contributed by atoms with Gasteiger partial charge >= 0.3 is 0 Å². The molecule has 0 aromatic heterocycles. The van der Waals surface area contributed by atoms with E-state index in [1.54, 1.807) is 0 Å². The molecule has 2 rings (SSSR count). The number of hydrogen-bond acceptors (Lipinski definition) is 2.